The highest BCUT2D eigenvalue weighted by atomic mass is 35.5. The minimum absolute atomic E-state index is 0.00942. The standard InChI is InChI=1S/C55H33Cl3N8O6/c1-72-32-17-14-27(15-18-32)26-59-66-55(71)39-21-29-16-19-35-34-10-4-6-12-43(34)60-48(35)45(29)50(53(39)69)65-63-31-23-37-47(42(58)25-31)46-36(51(37)67)22-30(24-41(46)57)62-64-49-33-9-3-2-8-28(33)20-38(52(49)68)54(70)61-44-13-7-5-11-40(44)56/h2-26,60,68-69H,1H3,(H,61,70)(H,66,71). The molecular formula is C55H33Cl3N8O6. The van der Waals surface area contributed by atoms with Gasteiger partial charge in [-0.05, 0) is 95.2 Å². The van der Waals surface area contributed by atoms with Crippen LogP contribution in [0, 0.1) is 0 Å². The molecule has 0 fully saturated rings. The topological polar surface area (TPSA) is 203 Å². The molecule has 17 heteroatoms. The van der Waals surface area contributed by atoms with Crippen molar-refractivity contribution in [1.29, 1.82) is 0 Å². The van der Waals surface area contributed by atoms with Gasteiger partial charge in [-0.3, -0.25) is 14.4 Å². The lowest BCUT2D eigenvalue weighted by Crippen LogP contribution is -2.17. The van der Waals surface area contributed by atoms with Gasteiger partial charge in [0.1, 0.15) is 17.1 Å². The molecule has 0 saturated heterocycles. The van der Waals surface area contributed by atoms with Gasteiger partial charge in [0.25, 0.3) is 11.8 Å². The summed E-state index contributed by atoms with van der Waals surface area (Å²) in [6, 6.07) is 41.4. The molecule has 350 valence electrons. The summed E-state index contributed by atoms with van der Waals surface area (Å²) in [6.45, 7) is 0. The predicted octanol–water partition coefficient (Wildman–Crippen LogP) is 15.1. The molecule has 72 heavy (non-hydrogen) atoms. The predicted molar refractivity (Wildman–Crippen MR) is 282 cm³/mol. The van der Waals surface area contributed by atoms with Crippen LogP contribution in [0.2, 0.25) is 15.1 Å². The number of amides is 2. The van der Waals surface area contributed by atoms with Gasteiger partial charge in [-0.15, -0.1) is 10.2 Å². The van der Waals surface area contributed by atoms with Crippen LogP contribution in [0.1, 0.15) is 42.2 Å². The third kappa shape index (κ3) is 8.08. The zero-order chi connectivity index (χ0) is 49.8. The summed E-state index contributed by atoms with van der Waals surface area (Å²) in [7, 11) is 1.56. The molecule has 0 bridgehead atoms. The van der Waals surface area contributed by atoms with E-state index in [0.717, 1.165) is 16.3 Å². The van der Waals surface area contributed by atoms with Gasteiger partial charge < -0.3 is 25.3 Å². The molecule has 9 aromatic carbocycles. The molecule has 0 aliphatic heterocycles. The Labute approximate surface area is 422 Å². The molecule has 1 aromatic heterocycles. The summed E-state index contributed by atoms with van der Waals surface area (Å²) in [4.78, 5) is 44.9. The third-order valence-corrected chi connectivity index (χ3v) is 13.2. The fraction of sp³-hybridized carbons (Fsp3) is 0.0182. The average Bonchev–Trinajstić information content (AvgIpc) is 3.91. The minimum atomic E-state index is -0.706. The summed E-state index contributed by atoms with van der Waals surface area (Å²) in [5, 5.41) is 52.6. The van der Waals surface area contributed by atoms with Crippen LogP contribution in [0.3, 0.4) is 0 Å². The number of benzene rings is 9. The molecule has 2 amide bonds. The average molecular weight is 1010 g/mol. The number of rotatable bonds is 10. The van der Waals surface area contributed by atoms with Crippen molar-refractivity contribution >= 4 is 130 Å². The van der Waals surface area contributed by atoms with E-state index in [4.69, 9.17) is 39.5 Å². The Morgan fingerprint density at radius 2 is 1.22 bits per heavy atom. The lowest BCUT2D eigenvalue weighted by atomic mass is 10.00. The number of carbonyl (C=O) groups excluding carboxylic acids is 3. The summed E-state index contributed by atoms with van der Waals surface area (Å²) in [5.41, 5.74) is 6.27. The van der Waals surface area contributed by atoms with Crippen LogP contribution in [-0.4, -0.2) is 46.1 Å². The molecule has 14 nitrogen and oxygen atoms in total. The van der Waals surface area contributed by atoms with E-state index in [1.165, 1.54) is 30.5 Å². The number of anilines is 1. The molecule has 10 aromatic rings. The van der Waals surface area contributed by atoms with Crippen molar-refractivity contribution in [2.75, 3.05) is 12.4 Å². The quantitative estimate of drug-likeness (QED) is 0.0512. The van der Waals surface area contributed by atoms with Crippen LogP contribution in [-0.2, 0) is 0 Å². The number of nitrogens with zero attached hydrogens (tertiary/aromatic N) is 5. The summed E-state index contributed by atoms with van der Waals surface area (Å²) >= 11 is 20.1. The third-order valence-electron chi connectivity index (χ3n) is 12.3. The molecule has 0 radical (unpaired) electrons. The van der Waals surface area contributed by atoms with E-state index < -0.39 is 29.1 Å². The molecule has 5 N–H and O–H groups in total. The van der Waals surface area contributed by atoms with E-state index in [9.17, 15) is 24.6 Å². The summed E-state index contributed by atoms with van der Waals surface area (Å²) in [6.07, 6.45) is 1.46. The maximum Gasteiger partial charge on any atom is 0.275 e. The number of hydrogen-bond acceptors (Lipinski definition) is 11. The molecule has 0 unspecified atom stereocenters. The minimum Gasteiger partial charge on any atom is -0.505 e. The molecule has 0 spiro atoms. The monoisotopic (exact) mass is 1010 g/mol. The lowest BCUT2D eigenvalue weighted by molar-refractivity contribution is 0.0951. The number of hydrogen-bond donors (Lipinski definition) is 5. The number of H-pyrrole nitrogens is 1. The number of aromatic nitrogens is 1. The second-order valence-electron chi connectivity index (χ2n) is 16.6. The Balaban J connectivity index is 0.934. The molecule has 1 aliphatic carbocycles. The highest BCUT2D eigenvalue weighted by Gasteiger charge is 2.32. The van der Waals surface area contributed by atoms with E-state index in [2.05, 4.69) is 41.3 Å². The van der Waals surface area contributed by atoms with Crippen molar-refractivity contribution < 1.29 is 29.3 Å². The highest BCUT2D eigenvalue weighted by Crippen LogP contribution is 2.50. The van der Waals surface area contributed by atoms with Crippen LogP contribution in [0.4, 0.5) is 28.4 Å². The number of phenolic OH excluding ortho intramolecular Hbond substituents is 2. The van der Waals surface area contributed by atoms with E-state index >= 15 is 0 Å². The molecule has 1 heterocycles. The zero-order valence-electron chi connectivity index (χ0n) is 37.3. The highest BCUT2D eigenvalue weighted by molar-refractivity contribution is 6.41. The fourth-order valence-corrected chi connectivity index (χ4v) is 9.64. The maximum absolute atomic E-state index is 14.3. The number of phenols is 2. The number of methoxy groups -OCH3 is 1. The number of carbonyl (C=O) groups is 3. The largest absolute Gasteiger partial charge is 0.505 e. The molecule has 1 aliphatic rings. The number of aromatic amines is 1. The number of hydrazone groups is 1. The van der Waals surface area contributed by atoms with Gasteiger partial charge >= 0.3 is 0 Å². The van der Waals surface area contributed by atoms with E-state index in [-0.39, 0.29) is 55.0 Å². The Morgan fingerprint density at radius 1 is 0.611 bits per heavy atom. The molecule has 0 atom stereocenters. The lowest BCUT2D eigenvalue weighted by Gasteiger charge is -2.12. The fourth-order valence-electron chi connectivity index (χ4n) is 8.84. The number of nitrogens with one attached hydrogen (secondary N) is 3. The first-order valence-corrected chi connectivity index (χ1v) is 23.1. The van der Waals surface area contributed by atoms with E-state index in [0.29, 0.717) is 60.2 Å². The van der Waals surface area contributed by atoms with Crippen molar-refractivity contribution in [3.8, 4) is 28.4 Å². The van der Waals surface area contributed by atoms with Gasteiger partial charge in [0.15, 0.2) is 17.3 Å². The first-order valence-electron chi connectivity index (χ1n) is 22.0. The SMILES string of the molecule is COc1ccc(C=NNC(=O)c2cc3ccc4c5ccccc5[nH]c4c3c(N=Nc3cc(Cl)c4c(c3)C(=O)c3cc(N=Nc5c(O)c(C(=O)Nc6ccccc6Cl)cc6ccccc56)cc(Cl)c3-4)c2O)cc1. The Morgan fingerprint density at radius 3 is 1.93 bits per heavy atom. The number of halogens is 3. The second-order valence-corrected chi connectivity index (χ2v) is 17.8. The van der Waals surface area contributed by atoms with Crippen LogP contribution >= 0.6 is 34.8 Å². The van der Waals surface area contributed by atoms with Crippen LogP contribution in [0.15, 0.2) is 171 Å². The first kappa shape index (κ1) is 45.5. The molecule has 0 saturated carbocycles. The Hall–Kier alpha value is -8.95. The van der Waals surface area contributed by atoms with Crippen molar-refractivity contribution in [3.63, 3.8) is 0 Å². The van der Waals surface area contributed by atoms with Gasteiger partial charge in [-0.25, -0.2) is 5.43 Å². The number of ketones is 1. The smallest absolute Gasteiger partial charge is 0.275 e. The van der Waals surface area contributed by atoms with Crippen molar-refractivity contribution in [2.24, 2.45) is 25.6 Å². The Kier molecular flexibility index (Phi) is 11.6. The van der Waals surface area contributed by atoms with Gasteiger partial charge in [0.2, 0.25) is 0 Å². The van der Waals surface area contributed by atoms with Gasteiger partial charge in [0, 0.05) is 49.3 Å². The number of ether oxygens (including phenoxy) is 1. The van der Waals surface area contributed by atoms with E-state index in [1.807, 2.05) is 36.4 Å². The first-order chi connectivity index (χ1) is 34.9. The van der Waals surface area contributed by atoms with Crippen LogP contribution in [0.25, 0.3) is 54.5 Å². The van der Waals surface area contributed by atoms with E-state index in [1.54, 1.807) is 92.0 Å². The van der Waals surface area contributed by atoms with Crippen LogP contribution in [0.5, 0.6) is 17.2 Å². The van der Waals surface area contributed by atoms with Gasteiger partial charge in [-0.1, -0.05) is 102 Å². The normalized spacial score (nSPS) is 12.2. The van der Waals surface area contributed by atoms with Crippen molar-refractivity contribution in [1.82, 2.24) is 10.4 Å². The molecular weight excluding hydrogens is 975 g/mol. The van der Waals surface area contributed by atoms with Gasteiger partial charge in [-0.2, -0.15) is 15.3 Å². The number of aromatic hydroxyl groups is 2. The van der Waals surface area contributed by atoms with Crippen LogP contribution < -0.4 is 15.5 Å². The zero-order valence-corrected chi connectivity index (χ0v) is 39.6. The second kappa shape index (κ2) is 18.4. The van der Waals surface area contributed by atoms with Crippen molar-refractivity contribution in [2.45, 2.75) is 0 Å². The van der Waals surface area contributed by atoms with Crippen molar-refractivity contribution in [3.05, 3.63) is 188 Å². The number of fused-ring (bicyclic) bond motifs is 9. The van der Waals surface area contributed by atoms with Gasteiger partial charge in [0.05, 0.1) is 62.1 Å². The number of para-hydroxylation sites is 2. The maximum atomic E-state index is 14.3. The number of azo groups is 2. The summed E-state index contributed by atoms with van der Waals surface area (Å²) in [5.74, 6) is -2.00. The Bertz CT molecular complexity index is 4060. The summed E-state index contributed by atoms with van der Waals surface area (Å²) < 4.78 is 5.21. The molecule has 11 rings (SSSR count).